The zero-order chi connectivity index (χ0) is 21.4. The summed E-state index contributed by atoms with van der Waals surface area (Å²) in [5.74, 6) is 0.485. The van der Waals surface area contributed by atoms with Crippen LogP contribution in [0.15, 0.2) is 33.9 Å². The van der Waals surface area contributed by atoms with E-state index in [0.717, 1.165) is 13.1 Å². The van der Waals surface area contributed by atoms with Crippen molar-refractivity contribution < 1.29 is 10.0 Å². The number of hydrogen-bond acceptors (Lipinski definition) is 8. The van der Waals surface area contributed by atoms with Gasteiger partial charge in [-0.1, -0.05) is 0 Å². The first-order chi connectivity index (χ1) is 14.4. The molecule has 1 aliphatic heterocycles. The van der Waals surface area contributed by atoms with Crippen molar-refractivity contribution in [3.05, 3.63) is 60.8 Å². The summed E-state index contributed by atoms with van der Waals surface area (Å²) >= 11 is 0. The third kappa shape index (κ3) is 3.46. The summed E-state index contributed by atoms with van der Waals surface area (Å²) in [6.07, 6.45) is -1.04. The average molecular weight is 415 g/mol. The van der Waals surface area contributed by atoms with Gasteiger partial charge in [0.1, 0.15) is 0 Å². The lowest BCUT2D eigenvalue weighted by Gasteiger charge is -2.29. The molecule has 30 heavy (non-hydrogen) atoms. The number of aromatic amines is 1. The van der Waals surface area contributed by atoms with Crippen LogP contribution in [0.3, 0.4) is 0 Å². The lowest BCUT2D eigenvalue weighted by Crippen LogP contribution is -2.44. The molecule has 2 aromatic heterocycles. The number of nitro groups is 1. The topological polar surface area (TPSA) is 151 Å². The number of anilines is 1. The molecule has 158 valence electrons. The van der Waals surface area contributed by atoms with Gasteiger partial charge in [0.05, 0.1) is 17.6 Å². The molecule has 3 heterocycles. The monoisotopic (exact) mass is 415 g/mol. The van der Waals surface area contributed by atoms with Crippen molar-refractivity contribution in [3.8, 4) is 0 Å². The molecule has 0 amide bonds. The van der Waals surface area contributed by atoms with E-state index < -0.39 is 22.3 Å². The zero-order valence-corrected chi connectivity index (χ0v) is 16.2. The van der Waals surface area contributed by atoms with Crippen LogP contribution >= 0.6 is 0 Å². The number of H-pyrrole nitrogens is 1. The molecule has 0 radical (unpaired) electrons. The second kappa shape index (κ2) is 7.72. The maximum Gasteiger partial charge on any atom is 0.329 e. The van der Waals surface area contributed by atoms with Gasteiger partial charge in [0, 0.05) is 45.4 Å². The van der Waals surface area contributed by atoms with E-state index in [-0.39, 0.29) is 23.4 Å². The van der Waals surface area contributed by atoms with Gasteiger partial charge in [-0.2, -0.15) is 4.98 Å². The van der Waals surface area contributed by atoms with Crippen LogP contribution in [0.4, 0.5) is 11.6 Å². The van der Waals surface area contributed by atoms with E-state index in [1.807, 2.05) is 4.90 Å². The Kier molecular flexibility index (Phi) is 5.10. The highest BCUT2D eigenvalue weighted by molar-refractivity contribution is 5.74. The van der Waals surface area contributed by atoms with E-state index in [1.54, 1.807) is 4.57 Å². The molecule has 0 bridgehead atoms. The number of nitro benzene ring substituents is 1. The smallest absolute Gasteiger partial charge is 0.329 e. The summed E-state index contributed by atoms with van der Waals surface area (Å²) in [6, 6.07) is 5.59. The molecule has 1 unspecified atom stereocenters. The number of aliphatic hydroxyl groups excluding tert-OH is 1. The maximum atomic E-state index is 12.6. The highest BCUT2D eigenvalue weighted by atomic mass is 16.6. The Morgan fingerprint density at radius 3 is 2.53 bits per heavy atom. The molecular formula is C18H21N7O5. The summed E-state index contributed by atoms with van der Waals surface area (Å²) in [5, 5.41) is 24.9. The van der Waals surface area contributed by atoms with E-state index in [9.17, 15) is 24.8 Å². The van der Waals surface area contributed by atoms with E-state index in [4.69, 9.17) is 0 Å². The number of non-ortho nitro benzene ring substituents is 1. The number of nitrogens with zero attached hydrogens (tertiary/aromatic N) is 5. The Labute approximate surface area is 169 Å². The van der Waals surface area contributed by atoms with Crippen molar-refractivity contribution in [1.29, 1.82) is 0 Å². The third-order valence-corrected chi connectivity index (χ3v) is 5.23. The Morgan fingerprint density at radius 1 is 1.23 bits per heavy atom. The molecule has 1 fully saturated rings. The number of aromatic nitrogens is 4. The Morgan fingerprint density at radius 2 is 1.90 bits per heavy atom. The van der Waals surface area contributed by atoms with Crippen molar-refractivity contribution in [2.75, 3.05) is 31.1 Å². The second-order valence-corrected chi connectivity index (χ2v) is 7.11. The van der Waals surface area contributed by atoms with Gasteiger partial charge in [-0.05, 0) is 17.7 Å². The number of fused-ring (bicyclic) bond motifs is 1. The van der Waals surface area contributed by atoms with Crippen LogP contribution in [-0.4, -0.2) is 55.3 Å². The minimum absolute atomic E-state index is 0.00510. The van der Waals surface area contributed by atoms with Crippen LogP contribution < -0.4 is 21.5 Å². The molecule has 3 aromatic rings. The molecule has 1 atom stereocenters. The van der Waals surface area contributed by atoms with Gasteiger partial charge in [-0.3, -0.25) is 24.5 Å². The van der Waals surface area contributed by atoms with Crippen LogP contribution in [0.25, 0.3) is 11.2 Å². The van der Waals surface area contributed by atoms with Gasteiger partial charge < -0.3 is 19.9 Å². The summed E-state index contributed by atoms with van der Waals surface area (Å²) < 4.78 is 2.86. The molecule has 12 heteroatoms. The molecule has 0 saturated carbocycles. The van der Waals surface area contributed by atoms with Crippen molar-refractivity contribution in [3.63, 3.8) is 0 Å². The average Bonchev–Trinajstić information content (AvgIpc) is 3.12. The number of imidazole rings is 1. The molecular weight excluding hydrogens is 394 g/mol. The van der Waals surface area contributed by atoms with E-state index in [2.05, 4.69) is 15.3 Å². The fraction of sp³-hybridized carbons (Fsp3) is 0.389. The number of rotatable bonds is 5. The predicted molar refractivity (Wildman–Crippen MR) is 109 cm³/mol. The second-order valence-electron chi connectivity index (χ2n) is 7.11. The minimum atomic E-state index is -1.04. The van der Waals surface area contributed by atoms with Gasteiger partial charge in [-0.25, -0.2) is 4.79 Å². The first-order valence-corrected chi connectivity index (χ1v) is 9.44. The van der Waals surface area contributed by atoms with E-state index >= 15 is 0 Å². The molecule has 0 spiro atoms. The predicted octanol–water partition coefficient (Wildman–Crippen LogP) is -0.525. The molecule has 1 aromatic carbocycles. The number of hydrogen-bond donors (Lipinski definition) is 3. The van der Waals surface area contributed by atoms with E-state index in [1.165, 1.54) is 35.9 Å². The van der Waals surface area contributed by atoms with Crippen molar-refractivity contribution in [2.24, 2.45) is 7.05 Å². The van der Waals surface area contributed by atoms with Crippen molar-refractivity contribution in [2.45, 2.75) is 12.6 Å². The molecule has 1 aliphatic rings. The Bertz CT molecular complexity index is 1200. The lowest BCUT2D eigenvalue weighted by molar-refractivity contribution is -0.384. The summed E-state index contributed by atoms with van der Waals surface area (Å²) in [4.78, 5) is 43.8. The molecule has 1 saturated heterocycles. The molecule has 12 nitrogen and oxygen atoms in total. The van der Waals surface area contributed by atoms with Gasteiger partial charge in [0.25, 0.3) is 11.2 Å². The van der Waals surface area contributed by atoms with Crippen LogP contribution in [0.1, 0.15) is 11.7 Å². The largest absolute Gasteiger partial charge is 0.387 e. The normalized spacial score (nSPS) is 15.5. The number of piperazine rings is 1. The first-order valence-electron chi connectivity index (χ1n) is 9.44. The van der Waals surface area contributed by atoms with Crippen LogP contribution in [0.5, 0.6) is 0 Å². The highest BCUT2D eigenvalue weighted by Gasteiger charge is 2.24. The third-order valence-electron chi connectivity index (χ3n) is 5.23. The van der Waals surface area contributed by atoms with Crippen molar-refractivity contribution in [1.82, 2.24) is 24.4 Å². The minimum Gasteiger partial charge on any atom is -0.387 e. The number of nitrogens with one attached hydrogen (secondary N) is 2. The number of aliphatic hydroxyl groups is 1. The van der Waals surface area contributed by atoms with Crippen LogP contribution in [-0.2, 0) is 13.6 Å². The number of aryl methyl sites for hydroxylation is 1. The van der Waals surface area contributed by atoms with E-state index in [0.29, 0.717) is 24.6 Å². The highest BCUT2D eigenvalue weighted by Crippen LogP contribution is 2.25. The quantitative estimate of drug-likeness (QED) is 0.372. The first kappa shape index (κ1) is 19.8. The molecule has 0 aliphatic carbocycles. The van der Waals surface area contributed by atoms with Crippen molar-refractivity contribution >= 4 is 22.8 Å². The Balaban J connectivity index is 1.79. The van der Waals surface area contributed by atoms with Gasteiger partial charge in [0.15, 0.2) is 11.2 Å². The summed E-state index contributed by atoms with van der Waals surface area (Å²) in [7, 11) is 1.52. The Hall–Kier alpha value is -3.51. The SMILES string of the molecule is Cn1c(=O)[nH]c(=O)c2c1nc(N1CCNCC1)n2CC(O)c1ccc([N+](=O)[O-])cc1. The van der Waals surface area contributed by atoms with Gasteiger partial charge >= 0.3 is 5.69 Å². The van der Waals surface area contributed by atoms with Gasteiger partial charge in [-0.15, -0.1) is 0 Å². The summed E-state index contributed by atoms with van der Waals surface area (Å²) in [5.41, 5.74) is -0.348. The molecule has 4 rings (SSSR count). The van der Waals surface area contributed by atoms with Crippen LogP contribution in [0.2, 0.25) is 0 Å². The standard InChI is InChI=1S/C18H21N7O5/c1-22-15-14(16(27)21-18(22)28)24(17(20-15)23-8-6-19-7-9-23)10-13(26)11-2-4-12(5-3-11)25(29)30/h2-5,13,19,26H,6-10H2,1H3,(H,21,27,28). The fourth-order valence-corrected chi connectivity index (χ4v) is 3.60. The zero-order valence-electron chi connectivity index (χ0n) is 16.2. The summed E-state index contributed by atoms with van der Waals surface area (Å²) in [6.45, 7) is 2.78. The fourth-order valence-electron chi connectivity index (χ4n) is 3.60. The van der Waals surface area contributed by atoms with Gasteiger partial charge in [0.2, 0.25) is 5.95 Å². The van der Waals surface area contributed by atoms with Crippen LogP contribution in [0, 0.1) is 10.1 Å². The number of benzene rings is 1. The maximum absolute atomic E-state index is 12.6. The lowest BCUT2D eigenvalue weighted by atomic mass is 10.1. The molecule has 3 N–H and O–H groups in total.